The number of halogens is 3. The number of benzene rings is 2. The highest BCUT2D eigenvalue weighted by Crippen LogP contribution is 2.33. The van der Waals surface area contributed by atoms with Crippen molar-refractivity contribution < 1.29 is 9.53 Å². The summed E-state index contributed by atoms with van der Waals surface area (Å²) in [6, 6.07) is 12.5. The maximum absolute atomic E-state index is 12.8. The van der Waals surface area contributed by atoms with Crippen LogP contribution in [0.3, 0.4) is 0 Å². The first-order valence-corrected chi connectivity index (χ1v) is 11.5. The summed E-state index contributed by atoms with van der Waals surface area (Å²) in [5.74, 6) is 0.426. The van der Waals surface area contributed by atoms with Gasteiger partial charge in [-0.25, -0.2) is 0 Å². The number of thioether (sulfide) groups is 1. The third-order valence-electron chi connectivity index (χ3n) is 4.42. The Morgan fingerprint density at radius 2 is 1.87 bits per heavy atom. The van der Waals surface area contributed by atoms with Crippen molar-refractivity contribution >= 4 is 58.2 Å². The largest absolute Gasteiger partial charge is 0.385 e. The number of carbonyl (C=O) groups is 1. The fourth-order valence-corrected chi connectivity index (χ4v) is 4.28. The van der Waals surface area contributed by atoms with Crippen LogP contribution in [0.1, 0.15) is 13.3 Å². The van der Waals surface area contributed by atoms with Crippen molar-refractivity contribution in [2.75, 3.05) is 19.0 Å². The molecule has 1 N–H and O–H groups in total. The molecule has 1 atom stereocenters. The molecule has 10 heteroatoms. The predicted octanol–water partition coefficient (Wildman–Crippen LogP) is 6.06. The van der Waals surface area contributed by atoms with Gasteiger partial charge in [0.1, 0.15) is 0 Å². The van der Waals surface area contributed by atoms with Crippen molar-refractivity contribution in [3.63, 3.8) is 0 Å². The lowest BCUT2D eigenvalue weighted by Crippen LogP contribution is -2.23. The fourth-order valence-electron chi connectivity index (χ4n) is 2.83. The van der Waals surface area contributed by atoms with Gasteiger partial charge in [-0.15, -0.1) is 10.2 Å². The van der Waals surface area contributed by atoms with E-state index in [2.05, 4.69) is 15.5 Å². The maximum atomic E-state index is 12.8. The molecule has 0 aliphatic heterocycles. The van der Waals surface area contributed by atoms with E-state index in [1.54, 1.807) is 32.2 Å². The second-order valence-electron chi connectivity index (χ2n) is 6.63. The number of amides is 1. The summed E-state index contributed by atoms with van der Waals surface area (Å²) < 4.78 is 7.14. The highest BCUT2D eigenvalue weighted by atomic mass is 35.5. The van der Waals surface area contributed by atoms with E-state index in [-0.39, 0.29) is 5.91 Å². The fraction of sp³-hybridized carbons (Fsp3) is 0.286. The Labute approximate surface area is 200 Å². The molecule has 2 aromatic carbocycles. The SMILES string of the molecule is COCCCn1c(SC(C)C(=O)Nc2cccc(Cl)c2Cl)nnc1-c1ccccc1Cl. The number of ether oxygens (including phenoxy) is 1. The van der Waals surface area contributed by atoms with Gasteiger partial charge in [0.2, 0.25) is 5.91 Å². The zero-order valence-electron chi connectivity index (χ0n) is 16.9. The molecule has 3 rings (SSSR count). The van der Waals surface area contributed by atoms with Crippen LogP contribution in [0.4, 0.5) is 5.69 Å². The molecule has 31 heavy (non-hydrogen) atoms. The Morgan fingerprint density at radius 3 is 2.61 bits per heavy atom. The number of hydrogen-bond donors (Lipinski definition) is 1. The van der Waals surface area contributed by atoms with E-state index in [4.69, 9.17) is 39.5 Å². The van der Waals surface area contributed by atoms with Gasteiger partial charge < -0.3 is 14.6 Å². The number of hydrogen-bond acceptors (Lipinski definition) is 5. The summed E-state index contributed by atoms with van der Waals surface area (Å²) in [4.78, 5) is 12.8. The van der Waals surface area contributed by atoms with Gasteiger partial charge in [0.05, 0.1) is 26.0 Å². The van der Waals surface area contributed by atoms with Gasteiger partial charge >= 0.3 is 0 Å². The van der Waals surface area contributed by atoms with E-state index < -0.39 is 5.25 Å². The van der Waals surface area contributed by atoms with Crippen molar-refractivity contribution in [1.29, 1.82) is 0 Å². The lowest BCUT2D eigenvalue weighted by molar-refractivity contribution is -0.115. The molecule has 0 saturated carbocycles. The number of anilines is 1. The predicted molar refractivity (Wildman–Crippen MR) is 127 cm³/mol. The number of carbonyl (C=O) groups excluding carboxylic acids is 1. The van der Waals surface area contributed by atoms with Crippen molar-refractivity contribution in [3.8, 4) is 11.4 Å². The Kier molecular flexibility index (Phi) is 8.63. The minimum Gasteiger partial charge on any atom is -0.385 e. The monoisotopic (exact) mass is 498 g/mol. The summed E-state index contributed by atoms with van der Waals surface area (Å²) in [6.45, 7) is 3.01. The lowest BCUT2D eigenvalue weighted by Gasteiger charge is -2.15. The molecule has 3 aromatic rings. The van der Waals surface area contributed by atoms with E-state index in [1.807, 2.05) is 28.8 Å². The summed E-state index contributed by atoms with van der Waals surface area (Å²) in [7, 11) is 1.66. The molecule has 164 valence electrons. The summed E-state index contributed by atoms with van der Waals surface area (Å²) >= 11 is 19.9. The van der Waals surface area contributed by atoms with Crippen LogP contribution < -0.4 is 5.32 Å². The van der Waals surface area contributed by atoms with E-state index in [0.29, 0.717) is 44.9 Å². The lowest BCUT2D eigenvalue weighted by atomic mass is 10.2. The van der Waals surface area contributed by atoms with Gasteiger partial charge in [0.15, 0.2) is 11.0 Å². The van der Waals surface area contributed by atoms with Crippen LogP contribution in [0.15, 0.2) is 47.6 Å². The normalized spacial score (nSPS) is 12.0. The average Bonchev–Trinajstić information content (AvgIpc) is 3.14. The molecular weight excluding hydrogens is 479 g/mol. The molecule has 1 unspecified atom stereocenters. The van der Waals surface area contributed by atoms with E-state index in [9.17, 15) is 4.79 Å². The first-order valence-electron chi connectivity index (χ1n) is 9.51. The number of nitrogens with one attached hydrogen (secondary N) is 1. The van der Waals surface area contributed by atoms with Crippen molar-refractivity contribution in [2.24, 2.45) is 0 Å². The topological polar surface area (TPSA) is 69.0 Å². The Morgan fingerprint density at radius 1 is 1.13 bits per heavy atom. The smallest absolute Gasteiger partial charge is 0.237 e. The second-order valence-corrected chi connectivity index (χ2v) is 9.14. The number of nitrogens with zero attached hydrogens (tertiary/aromatic N) is 3. The molecule has 0 saturated heterocycles. The molecular formula is C21H21Cl3N4O2S. The Balaban J connectivity index is 1.82. The number of rotatable bonds is 9. The van der Waals surface area contributed by atoms with Crippen LogP contribution in [0.2, 0.25) is 15.1 Å². The van der Waals surface area contributed by atoms with Crippen LogP contribution in [0.5, 0.6) is 0 Å². The van der Waals surface area contributed by atoms with Crippen LogP contribution in [-0.4, -0.2) is 39.6 Å². The van der Waals surface area contributed by atoms with Gasteiger partial charge in [0.25, 0.3) is 0 Å². The quantitative estimate of drug-likeness (QED) is 0.286. The summed E-state index contributed by atoms with van der Waals surface area (Å²) in [6.07, 6.45) is 0.762. The van der Waals surface area contributed by atoms with Gasteiger partial charge in [-0.05, 0) is 37.6 Å². The maximum Gasteiger partial charge on any atom is 0.237 e. The van der Waals surface area contributed by atoms with Crippen LogP contribution in [0, 0.1) is 0 Å². The zero-order chi connectivity index (χ0) is 22.4. The molecule has 6 nitrogen and oxygen atoms in total. The van der Waals surface area contributed by atoms with Gasteiger partial charge in [0, 0.05) is 25.8 Å². The van der Waals surface area contributed by atoms with Gasteiger partial charge in [-0.2, -0.15) is 0 Å². The summed E-state index contributed by atoms with van der Waals surface area (Å²) in [5.41, 5.74) is 1.24. The standard InChI is InChI=1S/C21H21Cl3N4O2S/c1-13(20(29)25-17-10-5-9-16(23)18(17)24)31-21-27-26-19(28(21)11-6-12-30-2)14-7-3-4-8-15(14)22/h3-5,7-10,13H,6,11-12H2,1-2H3,(H,25,29). The van der Waals surface area contributed by atoms with E-state index in [1.165, 1.54) is 11.8 Å². The molecule has 0 bridgehead atoms. The van der Waals surface area contributed by atoms with Gasteiger partial charge in [-0.1, -0.05) is 64.8 Å². The highest BCUT2D eigenvalue weighted by Gasteiger charge is 2.22. The van der Waals surface area contributed by atoms with Gasteiger partial charge in [-0.3, -0.25) is 4.79 Å². The second kappa shape index (κ2) is 11.2. The molecule has 1 amide bonds. The highest BCUT2D eigenvalue weighted by molar-refractivity contribution is 8.00. The minimum absolute atomic E-state index is 0.222. The number of aromatic nitrogens is 3. The third kappa shape index (κ3) is 5.93. The minimum atomic E-state index is -0.459. The van der Waals surface area contributed by atoms with Crippen LogP contribution in [0.25, 0.3) is 11.4 Å². The molecule has 0 aliphatic rings. The van der Waals surface area contributed by atoms with Crippen molar-refractivity contribution in [2.45, 2.75) is 30.3 Å². The molecule has 0 fully saturated rings. The number of methoxy groups -OCH3 is 1. The van der Waals surface area contributed by atoms with E-state index in [0.717, 1.165) is 12.0 Å². The molecule has 0 radical (unpaired) electrons. The molecule has 1 aromatic heterocycles. The van der Waals surface area contributed by atoms with Crippen molar-refractivity contribution in [3.05, 3.63) is 57.5 Å². The van der Waals surface area contributed by atoms with Crippen LogP contribution in [-0.2, 0) is 16.1 Å². The summed E-state index contributed by atoms with van der Waals surface area (Å²) in [5, 5.41) is 12.9. The average molecular weight is 500 g/mol. The Bertz CT molecular complexity index is 1060. The van der Waals surface area contributed by atoms with Crippen molar-refractivity contribution in [1.82, 2.24) is 14.8 Å². The Hall–Kier alpha value is -1.77. The first kappa shape index (κ1) is 23.9. The molecule has 0 aliphatic carbocycles. The molecule has 0 spiro atoms. The molecule has 1 heterocycles. The van der Waals surface area contributed by atoms with E-state index >= 15 is 0 Å². The zero-order valence-corrected chi connectivity index (χ0v) is 20.0. The first-order chi connectivity index (χ1) is 14.9. The third-order valence-corrected chi connectivity index (χ3v) is 6.65. The van der Waals surface area contributed by atoms with Crippen LogP contribution >= 0.6 is 46.6 Å².